The number of ether oxygens (including phenoxy) is 1. The van der Waals surface area contributed by atoms with Crippen molar-refractivity contribution in [2.75, 3.05) is 7.11 Å². The highest BCUT2D eigenvalue weighted by atomic mass is 16.5. The third-order valence-electron chi connectivity index (χ3n) is 3.71. The van der Waals surface area contributed by atoms with Crippen LogP contribution in [0.2, 0.25) is 0 Å². The van der Waals surface area contributed by atoms with E-state index in [1.807, 2.05) is 24.4 Å². The van der Waals surface area contributed by atoms with E-state index in [9.17, 15) is 0 Å². The highest BCUT2D eigenvalue weighted by Gasteiger charge is 2.13. The van der Waals surface area contributed by atoms with Gasteiger partial charge in [0, 0.05) is 11.8 Å². The van der Waals surface area contributed by atoms with Gasteiger partial charge in [-0.15, -0.1) is 0 Å². The van der Waals surface area contributed by atoms with Crippen LogP contribution in [0.5, 0.6) is 5.75 Å². The first-order valence-electron chi connectivity index (χ1n) is 7.35. The molecule has 20 heavy (non-hydrogen) atoms. The standard InChI is InChI=1S/C18H23NO/c1-4-5-8-14(2)16-13-15(10-11-18(16)20-3)17-9-6-7-12-19-17/h6-7,9-14H,4-5,8H2,1-3H3. The third-order valence-corrected chi connectivity index (χ3v) is 3.71. The molecule has 0 aliphatic carbocycles. The summed E-state index contributed by atoms with van der Waals surface area (Å²) in [5, 5.41) is 0. The van der Waals surface area contributed by atoms with E-state index in [0.29, 0.717) is 5.92 Å². The van der Waals surface area contributed by atoms with E-state index in [4.69, 9.17) is 4.74 Å². The molecule has 1 heterocycles. The number of methoxy groups -OCH3 is 1. The van der Waals surface area contributed by atoms with E-state index < -0.39 is 0 Å². The van der Waals surface area contributed by atoms with Gasteiger partial charge < -0.3 is 4.74 Å². The summed E-state index contributed by atoms with van der Waals surface area (Å²) in [6.07, 6.45) is 5.50. The molecule has 0 saturated heterocycles. The average molecular weight is 269 g/mol. The molecule has 0 saturated carbocycles. The lowest BCUT2D eigenvalue weighted by molar-refractivity contribution is 0.404. The van der Waals surface area contributed by atoms with Gasteiger partial charge in [0.25, 0.3) is 0 Å². The Balaban J connectivity index is 2.34. The van der Waals surface area contributed by atoms with E-state index in [2.05, 4.69) is 37.0 Å². The second-order valence-electron chi connectivity index (χ2n) is 5.21. The Kier molecular flexibility index (Phi) is 5.16. The van der Waals surface area contributed by atoms with Crippen molar-refractivity contribution >= 4 is 0 Å². The first kappa shape index (κ1) is 14.6. The van der Waals surface area contributed by atoms with Gasteiger partial charge in [-0.05, 0) is 48.2 Å². The first-order valence-corrected chi connectivity index (χ1v) is 7.35. The van der Waals surface area contributed by atoms with Crippen molar-refractivity contribution in [2.45, 2.75) is 39.0 Å². The fraction of sp³-hybridized carbons (Fsp3) is 0.389. The number of unbranched alkanes of at least 4 members (excludes halogenated alkanes) is 1. The molecule has 0 fully saturated rings. The Morgan fingerprint density at radius 3 is 2.70 bits per heavy atom. The minimum atomic E-state index is 0.508. The van der Waals surface area contributed by atoms with Crippen LogP contribution in [0.3, 0.4) is 0 Å². The Morgan fingerprint density at radius 2 is 2.05 bits per heavy atom. The summed E-state index contributed by atoms with van der Waals surface area (Å²) >= 11 is 0. The average Bonchev–Trinajstić information content (AvgIpc) is 2.52. The molecule has 2 heteroatoms. The fourth-order valence-corrected chi connectivity index (χ4v) is 2.48. The van der Waals surface area contributed by atoms with Crippen LogP contribution in [0, 0.1) is 0 Å². The Hall–Kier alpha value is -1.83. The predicted octanol–water partition coefficient (Wildman–Crippen LogP) is 5.05. The molecule has 0 spiro atoms. The highest BCUT2D eigenvalue weighted by Crippen LogP contribution is 2.33. The van der Waals surface area contributed by atoms with Crippen molar-refractivity contribution in [3.8, 4) is 17.0 Å². The van der Waals surface area contributed by atoms with E-state index in [-0.39, 0.29) is 0 Å². The Labute approximate surface area is 121 Å². The van der Waals surface area contributed by atoms with E-state index >= 15 is 0 Å². The zero-order valence-corrected chi connectivity index (χ0v) is 12.6. The van der Waals surface area contributed by atoms with Crippen molar-refractivity contribution in [1.29, 1.82) is 0 Å². The van der Waals surface area contributed by atoms with Gasteiger partial charge in [-0.3, -0.25) is 4.98 Å². The van der Waals surface area contributed by atoms with E-state index in [1.165, 1.54) is 24.8 Å². The van der Waals surface area contributed by atoms with Crippen molar-refractivity contribution in [3.05, 3.63) is 48.2 Å². The van der Waals surface area contributed by atoms with Crippen LogP contribution >= 0.6 is 0 Å². The quantitative estimate of drug-likeness (QED) is 0.732. The van der Waals surface area contributed by atoms with Crippen molar-refractivity contribution in [2.24, 2.45) is 0 Å². The van der Waals surface area contributed by atoms with Gasteiger partial charge >= 0.3 is 0 Å². The number of rotatable bonds is 6. The van der Waals surface area contributed by atoms with Gasteiger partial charge in [0.15, 0.2) is 0 Å². The fourth-order valence-electron chi connectivity index (χ4n) is 2.48. The van der Waals surface area contributed by atoms with Crippen LogP contribution in [0.25, 0.3) is 11.3 Å². The molecular weight excluding hydrogens is 246 g/mol. The molecule has 0 N–H and O–H groups in total. The minimum Gasteiger partial charge on any atom is -0.496 e. The molecule has 1 aromatic heterocycles. The number of benzene rings is 1. The van der Waals surface area contributed by atoms with Crippen molar-refractivity contribution in [1.82, 2.24) is 4.98 Å². The number of nitrogens with zero attached hydrogens (tertiary/aromatic N) is 1. The van der Waals surface area contributed by atoms with Gasteiger partial charge in [-0.25, -0.2) is 0 Å². The number of hydrogen-bond acceptors (Lipinski definition) is 2. The minimum absolute atomic E-state index is 0.508. The zero-order valence-electron chi connectivity index (χ0n) is 12.6. The normalized spacial score (nSPS) is 12.2. The predicted molar refractivity (Wildman–Crippen MR) is 84.2 cm³/mol. The van der Waals surface area contributed by atoms with Crippen LogP contribution in [-0.4, -0.2) is 12.1 Å². The summed E-state index contributed by atoms with van der Waals surface area (Å²) in [7, 11) is 1.74. The monoisotopic (exact) mass is 269 g/mol. The van der Waals surface area contributed by atoms with Gasteiger partial charge in [0.2, 0.25) is 0 Å². The molecule has 2 aromatic rings. The van der Waals surface area contributed by atoms with Gasteiger partial charge in [-0.1, -0.05) is 32.8 Å². The Bertz CT molecular complexity index is 536. The molecule has 106 valence electrons. The first-order chi connectivity index (χ1) is 9.76. The van der Waals surface area contributed by atoms with Crippen LogP contribution in [0.15, 0.2) is 42.6 Å². The molecule has 1 aromatic carbocycles. The second-order valence-corrected chi connectivity index (χ2v) is 5.21. The lowest BCUT2D eigenvalue weighted by Crippen LogP contribution is -1.99. The number of aromatic nitrogens is 1. The molecular formula is C18H23NO. The molecule has 0 aliphatic heterocycles. The maximum Gasteiger partial charge on any atom is 0.122 e. The van der Waals surface area contributed by atoms with Crippen LogP contribution in [0.1, 0.15) is 44.6 Å². The SMILES string of the molecule is CCCCC(C)c1cc(-c2ccccn2)ccc1OC. The highest BCUT2D eigenvalue weighted by molar-refractivity contribution is 5.62. The molecule has 1 atom stereocenters. The van der Waals surface area contributed by atoms with Crippen LogP contribution < -0.4 is 4.74 Å². The molecule has 0 radical (unpaired) electrons. The van der Waals surface area contributed by atoms with Gasteiger partial charge in [0.05, 0.1) is 12.8 Å². The van der Waals surface area contributed by atoms with Gasteiger partial charge in [0.1, 0.15) is 5.75 Å². The molecule has 0 aliphatic rings. The van der Waals surface area contributed by atoms with E-state index in [1.54, 1.807) is 7.11 Å². The Morgan fingerprint density at radius 1 is 1.20 bits per heavy atom. The van der Waals surface area contributed by atoms with Gasteiger partial charge in [-0.2, -0.15) is 0 Å². The maximum atomic E-state index is 5.52. The lowest BCUT2D eigenvalue weighted by atomic mass is 9.92. The lowest BCUT2D eigenvalue weighted by Gasteiger charge is -2.16. The van der Waals surface area contributed by atoms with Crippen molar-refractivity contribution in [3.63, 3.8) is 0 Å². The summed E-state index contributed by atoms with van der Waals surface area (Å²) in [6.45, 7) is 4.50. The third kappa shape index (κ3) is 3.38. The zero-order chi connectivity index (χ0) is 14.4. The molecule has 0 bridgehead atoms. The number of hydrogen-bond donors (Lipinski definition) is 0. The van der Waals surface area contributed by atoms with Crippen LogP contribution in [-0.2, 0) is 0 Å². The molecule has 1 unspecified atom stereocenters. The summed E-state index contributed by atoms with van der Waals surface area (Å²) in [4.78, 5) is 4.43. The molecule has 0 amide bonds. The summed E-state index contributed by atoms with van der Waals surface area (Å²) in [6, 6.07) is 12.4. The molecule has 2 rings (SSSR count). The summed E-state index contributed by atoms with van der Waals surface area (Å²) in [5.41, 5.74) is 3.45. The van der Waals surface area contributed by atoms with E-state index in [0.717, 1.165) is 17.0 Å². The maximum absolute atomic E-state index is 5.52. The van der Waals surface area contributed by atoms with Crippen molar-refractivity contribution < 1.29 is 4.74 Å². The second kappa shape index (κ2) is 7.09. The smallest absolute Gasteiger partial charge is 0.122 e. The molecule has 2 nitrogen and oxygen atoms in total. The topological polar surface area (TPSA) is 22.1 Å². The summed E-state index contributed by atoms with van der Waals surface area (Å²) in [5.74, 6) is 1.49. The largest absolute Gasteiger partial charge is 0.496 e. The van der Waals surface area contributed by atoms with Crippen LogP contribution in [0.4, 0.5) is 0 Å². The number of pyridine rings is 1. The summed E-state index contributed by atoms with van der Waals surface area (Å²) < 4.78 is 5.52.